The summed E-state index contributed by atoms with van der Waals surface area (Å²) in [6.45, 7) is 10.2. The molecule has 0 aromatic heterocycles. The van der Waals surface area contributed by atoms with Crippen LogP contribution in [0.15, 0.2) is 85.3 Å². The van der Waals surface area contributed by atoms with Gasteiger partial charge in [0.2, 0.25) is 0 Å². The van der Waals surface area contributed by atoms with E-state index >= 15 is 0 Å². The molecule has 1 aliphatic heterocycles. The average molecular weight is 1190 g/mol. The number of carbonyl (C=O) groups is 8. The van der Waals surface area contributed by atoms with E-state index in [2.05, 4.69) is 44.7 Å². The summed E-state index contributed by atoms with van der Waals surface area (Å²) in [7, 11) is 0. The van der Waals surface area contributed by atoms with Crippen molar-refractivity contribution < 1.29 is 72.6 Å². The third kappa shape index (κ3) is 41.8. The SMILES string of the molecule is C=C(CCCCCCC/C=C\C/C=C\C=C\C(CC)C1CC(=O)OC1=O)OCC(COC(=O)CCCCCCC/C=C\C=C\C(CCCCC)C(CC=O)C(=O)O)OC(=O)CCCCCC/C=C/C(CCCCCCCC)C(CC(=O)O)C(=O)O. The standard InChI is InChI=1S/C70H110O15/c1-5-8-10-11-28-38-46-59(62(69(79)80)52-64(72)73)47-39-31-25-26-33-41-49-66(75)84-60(55-83-65(74)48-40-32-24-20-16-19-23-30-37-45-58(44-34-9-6-2)61(50-51-71)68(77)78)54-82-56(4)42-35-27-21-17-14-12-13-15-18-22-29-36-43-57(7-3)63-53-67(76)85-70(63)81/h13,15,22-23,29-30,36-37,39,43,45,47,51,57-63H,4-12,14,16-21,24-28,31-35,38,40-42,44,46,48-50,52-55H2,1-3H3,(H,72,73)(H,77,78)(H,79,80)/b15-13-,29-22-,30-23-,43-36+,45-37+,47-39+. The van der Waals surface area contributed by atoms with Crippen molar-refractivity contribution >= 4 is 48.1 Å². The van der Waals surface area contributed by atoms with Crippen LogP contribution in [0.3, 0.4) is 0 Å². The summed E-state index contributed by atoms with van der Waals surface area (Å²) in [6.07, 6.45) is 52.4. The molecule has 15 heteroatoms. The zero-order valence-electron chi connectivity index (χ0n) is 52.4. The Morgan fingerprint density at radius 1 is 0.565 bits per heavy atom. The Bertz CT molecular complexity index is 2060. The summed E-state index contributed by atoms with van der Waals surface area (Å²) in [5.41, 5.74) is 0. The van der Waals surface area contributed by atoms with E-state index in [-0.39, 0.29) is 68.5 Å². The topological polar surface area (TPSA) is 234 Å². The van der Waals surface area contributed by atoms with Gasteiger partial charge in [-0.05, 0) is 101 Å². The van der Waals surface area contributed by atoms with Crippen LogP contribution < -0.4 is 0 Å². The van der Waals surface area contributed by atoms with Crippen LogP contribution in [0.5, 0.6) is 0 Å². The molecule has 0 aromatic carbocycles. The van der Waals surface area contributed by atoms with Crippen LogP contribution in [-0.4, -0.2) is 82.7 Å². The van der Waals surface area contributed by atoms with Crippen molar-refractivity contribution in [3.05, 3.63) is 85.3 Å². The molecule has 7 atom stereocenters. The Labute approximate surface area is 510 Å². The number of unbranched alkanes of at least 4 members (excludes halogenated alkanes) is 21. The third-order valence-corrected chi connectivity index (χ3v) is 15.7. The van der Waals surface area contributed by atoms with E-state index in [1.54, 1.807) is 0 Å². The number of rotatable bonds is 57. The third-order valence-electron chi connectivity index (χ3n) is 15.7. The maximum Gasteiger partial charge on any atom is 0.317 e. The lowest BCUT2D eigenvalue weighted by atomic mass is 9.84. The molecule has 1 saturated heterocycles. The molecule has 0 bridgehead atoms. The van der Waals surface area contributed by atoms with E-state index in [0.717, 1.165) is 167 Å². The number of allylic oxidation sites excluding steroid dienone is 13. The highest BCUT2D eigenvalue weighted by Crippen LogP contribution is 2.29. The summed E-state index contributed by atoms with van der Waals surface area (Å²) in [4.78, 5) is 95.8. The highest BCUT2D eigenvalue weighted by Gasteiger charge is 2.37. The van der Waals surface area contributed by atoms with Crippen molar-refractivity contribution in [1.29, 1.82) is 0 Å². The molecule has 0 amide bonds. The van der Waals surface area contributed by atoms with Gasteiger partial charge in [-0.3, -0.25) is 33.6 Å². The first-order chi connectivity index (χ1) is 41.2. The van der Waals surface area contributed by atoms with Crippen molar-refractivity contribution in [1.82, 2.24) is 0 Å². The summed E-state index contributed by atoms with van der Waals surface area (Å²) in [5.74, 6) is -6.80. The largest absolute Gasteiger partial charge is 0.495 e. The quantitative estimate of drug-likeness (QED) is 0.00751. The molecule has 0 spiro atoms. The first kappa shape index (κ1) is 77.2. The summed E-state index contributed by atoms with van der Waals surface area (Å²) in [5, 5.41) is 28.9. The summed E-state index contributed by atoms with van der Waals surface area (Å²) < 4.78 is 22.1. The number of aldehydes is 1. The number of carboxylic acids is 3. The predicted octanol–water partition coefficient (Wildman–Crippen LogP) is 16.6. The van der Waals surface area contributed by atoms with Gasteiger partial charge in [0.1, 0.15) is 19.5 Å². The number of ether oxygens (including phenoxy) is 4. The molecular formula is C70H110O15. The van der Waals surface area contributed by atoms with E-state index in [9.17, 15) is 53.7 Å². The summed E-state index contributed by atoms with van der Waals surface area (Å²) >= 11 is 0. The molecule has 1 rings (SSSR count). The van der Waals surface area contributed by atoms with Crippen LogP contribution in [0.1, 0.15) is 252 Å². The fraction of sp³-hybridized carbons (Fsp3) is 0.686. The van der Waals surface area contributed by atoms with E-state index in [1.807, 2.05) is 55.5 Å². The van der Waals surface area contributed by atoms with E-state index in [0.29, 0.717) is 37.7 Å². The number of hydrogen-bond donors (Lipinski definition) is 3. The van der Waals surface area contributed by atoms with Crippen molar-refractivity contribution in [2.45, 2.75) is 258 Å². The average Bonchev–Trinajstić information content (AvgIpc) is 4.11. The molecule has 3 N–H and O–H groups in total. The number of esters is 4. The van der Waals surface area contributed by atoms with Gasteiger partial charge >= 0.3 is 41.8 Å². The molecule has 7 unspecified atom stereocenters. The van der Waals surface area contributed by atoms with Crippen molar-refractivity contribution in [2.75, 3.05) is 13.2 Å². The molecule has 0 aliphatic carbocycles. The second-order valence-electron chi connectivity index (χ2n) is 22.9. The summed E-state index contributed by atoms with van der Waals surface area (Å²) in [6, 6.07) is 0. The maximum absolute atomic E-state index is 13.1. The van der Waals surface area contributed by atoms with Gasteiger partial charge in [0, 0.05) is 25.7 Å². The molecule has 1 aliphatic rings. The van der Waals surface area contributed by atoms with Gasteiger partial charge in [-0.2, -0.15) is 0 Å². The molecular weight excluding hydrogens is 1080 g/mol. The zero-order valence-corrected chi connectivity index (χ0v) is 52.4. The first-order valence-electron chi connectivity index (χ1n) is 32.7. The Morgan fingerprint density at radius 2 is 1.08 bits per heavy atom. The number of cyclic esters (lactones) is 2. The predicted molar refractivity (Wildman–Crippen MR) is 335 cm³/mol. The maximum atomic E-state index is 13.1. The second kappa shape index (κ2) is 52.5. The minimum absolute atomic E-state index is 0.00875. The number of aliphatic carboxylic acids is 3. The number of carboxylic acid groups (broad SMARTS) is 3. The van der Waals surface area contributed by atoms with Crippen LogP contribution in [0, 0.1) is 35.5 Å². The van der Waals surface area contributed by atoms with Crippen LogP contribution >= 0.6 is 0 Å². The van der Waals surface area contributed by atoms with E-state index in [1.165, 1.54) is 6.42 Å². The van der Waals surface area contributed by atoms with Gasteiger partial charge in [0.05, 0.1) is 36.4 Å². The van der Waals surface area contributed by atoms with Crippen molar-refractivity contribution in [2.24, 2.45) is 35.5 Å². The molecule has 480 valence electrons. The lowest BCUT2D eigenvalue weighted by Gasteiger charge is -2.20. The van der Waals surface area contributed by atoms with Crippen LogP contribution in [0.25, 0.3) is 0 Å². The van der Waals surface area contributed by atoms with Gasteiger partial charge in [0.25, 0.3) is 0 Å². The fourth-order valence-electron chi connectivity index (χ4n) is 10.5. The molecule has 1 heterocycles. The molecule has 0 saturated carbocycles. The Hall–Kier alpha value is -5.86. The van der Waals surface area contributed by atoms with Crippen molar-refractivity contribution in [3.63, 3.8) is 0 Å². The fourth-order valence-corrected chi connectivity index (χ4v) is 10.5. The van der Waals surface area contributed by atoms with Crippen LogP contribution in [0.2, 0.25) is 0 Å². The molecule has 15 nitrogen and oxygen atoms in total. The van der Waals surface area contributed by atoms with Crippen LogP contribution in [0.4, 0.5) is 0 Å². The Kier molecular flexibility index (Phi) is 47.6. The number of carbonyl (C=O) groups excluding carboxylic acids is 5. The van der Waals surface area contributed by atoms with Gasteiger partial charge in [-0.25, -0.2) is 0 Å². The van der Waals surface area contributed by atoms with Gasteiger partial charge < -0.3 is 39.1 Å². The minimum atomic E-state index is -1.11. The zero-order chi connectivity index (χ0) is 62.6. The second-order valence-corrected chi connectivity index (χ2v) is 22.9. The van der Waals surface area contributed by atoms with Gasteiger partial charge in [-0.15, -0.1) is 0 Å². The first-order valence-corrected chi connectivity index (χ1v) is 32.7. The highest BCUT2D eigenvalue weighted by atomic mass is 16.6. The smallest absolute Gasteiger partial charge is 0.317 e. The molecule has 1 fully saturated rings. The Balaban J connectivity index is 2.62. The van der Waals surface area contributed by atoms with E-state index < -0.39 is 60.2 Å². The monoisotopic (exact) mass is 1190 g/mol. The number of hydrogen-bond acceptors (Lipinski definition) is 12. The van der Waals surface area contributed by atoms with Gasteiger partial charge in [-0.1, -0.05) is 209 Å². The normalized spacial score (nSPS) is 15.9. The lowest BCUT2D eigenvalue weighted by Crippen LogP contribution is -2.29. The Morgan fingerprint density at radius 3 is 1.68 bits per heavy atom. The molecule has 85 heavy (non-hydrogen) atoms. The minimum Gasteiger partial charge on any atom is -0.495 e. The van der Waals surface area contributed by atoms with Crippen LogP contribution in [-0.2, 0) is 57.3 Å². The van der Waals surface area contributed by atoms with Crippen molar-refractivity contribution in [3.8, 4) is 0 Å². The highest BCUT2D eigenvalue weighted by molar-refractivity contribution is 5.95. The van der Waals surface area contributed by atoms with E-state index in [4.69, 9.17) is 18.9 Å². The molecule has 0 aromatic rings. The lowest BCUT2D eigenvalue weighted by molar-refractivity contribution is -0.162. The van der Waals surface area contributed by atoms with Gasteiger partial charge in [0.15, 0.2) is 6.10 Å². The molecule has 0 radical (unpaired) electrons.